The van der Waals surface area contributed by atoms with E-state index in [1.165, 1.54) is 13.0 Å². The Balaban J connectivity index is 0.832. The van der Waals surface area contributed by atoms with Crippen molar-refractivity contribution in [2.75, 3.05) is 19.8 Å². The molecular formula is C68H96N2O22. The number of carbonyl (C=O) groups is 5. The number of unbranched alkanes of at least 4 members (excludes halogenated alkanes) is 2. The van der Waals surface area contributed by atoms with Crippen molar-refractivity contribution in [2.45, 2.75) is 237 Å². The molecule has 14 unspecified atom stereocenters. The van der Waals surface area contributed by atoms with Gasteiger partial charge in [-0.2, -0.15) is 0 Å². The number of aliphatic hydroxyl groups is 9. The number of carbonyl (C=O) groups excluding carboxylic acids is 5. The van der Waals surface area contributed by atoms with Gasteiger partial charge < -0.3 is 99.7 Å². The van der Waals surface area contributed by atoms with Gasteiger partial charge in [-0.25, -0.2) is 0 Å². The van der Waals surface area contributed by atoms with Gasteiger partial charge in [-0.15, -0.1) is 0 Å². The fourth-order valence-corrected chi connectivity index (χ4v) is 17.7. The number of hydrogen-bond acceptors (Lipinski definition) is 22. The van der Waals surface area contributed by atoms with Crippen molar-refractivity contribution in [3.8, 4) is 11.5 Å². The molecule has 10 rings (SSSR count). The fourth-order valence-electron chi connectivity index (χ4n) is 17.7. The fraction of sp³-hybridized carbons (Fsp3) is 0.721. The molecule has 4 saturated carbocycles. The second kappa shape index (κ2) is 27.2. The predicted molar refractivity (Wildman–Crippen MR) is 326 cm³/mol. The Bertz CT molecular complexity index is 3020. The van der Waals surface area contributed by atoms with Crippen LogP contribution in [0.3, 0.4) is 0 Å². The van der Waals surface area contributed by atoms with Gasteiger partial charge >= 0.3 is 5.97 Å². The van der Waals surface area contributed by atoms with Gasteiger partial charge in [-0.3, -0.25) is 19.2 Å². The van der Waals surface area contributed by atoms with E-state index in [0.717, 1.165) is 24.7 Å². The van der Waals surface area contributed by atoms with Crippen LogP contribution in [0.25, 0.3) is 0 Å². The standard InChI is InChI=1S/C68H96N2O22/c1-35-56(90-59-54(82)51(79)43(75)33-87-59)53(81)55(83)60(88-35)91-57-52(80)50(70-49(78)14-9-8-10-27-69-58(84)38-17-15-37(16-18-38)32-86-44-13-11-12-42(74)39(44)30-71)45(31-72)89-61(57)92-62(85)68-26-25-63(3,4)28-41(68)40-19-23-67(66(40,7)29-48(68)77)24-20-46-64(5,36(67)2)22-21-47(76)65(46,6)34-73/h11-13,15-19,30,34-36,41,43,45-48,50-57,59-61,72,74-77,79-83H,8-10,14,20-29,31-33H2,1-7H3,(H,69,84)(H,70,78)/t35-,36?,41?,43-,45-,46-,47?,48-,50?,51?,52?,53?,54?,55?,56?,57?,59+,60+,61+,64?,65?,66-,67+,68?/m1/s1. The maximum Gasteiger partial charge on any atom is 0.317 e. The lowest BCUT2D eigenvalue weighted by molar-refractivity contribution is -0.370. The smallest absolute Gasteiger partial charge is 0.317 e. The number of fused-ring (bicyclic) bond motifs is 5. The molecule has 0 aromatic heterocycles. The van der Waals surface area contributed by atoms with Crippen LogP contribution in [0.5, 0.6) is 11.5 Å². The van der Waals surface area contributed by atoms with E-state index in [-0.39, 0.29) is 83.5 Å². The zero-order valence-corrected chi connectivity index (χ0v) is 53.6. The molecule has 2 amide bonds. The zero-order chi connectivity index (χ0) is 66.6. The lowest BCUT2D eigenvalue weighted by Crippen LogP contribution is -2.69. The quantitative estimate of drug-likeness (QED) is 0.0392. The first-order valence-corrected chi connectivity index (χ1v) is 32.8. The van der Waals surface area contributed by atoms with Gasteiger partial charge in [-0.05, 0) is 147 Å². The number of hydrogen-bond donors (Lipinski definition) is 12. The molecule has 12 N–H and O–H groups in total. The van der Waals surface area contributed by atoms with E-state index >= 15 is 4.79 Å². The molecule has 2 aromatic carbocycles. The van der Waals surface area contributed by atoms with Gasteiger partial charge in [0.2, 0.25) is 12.2 Å². The summed E-state index contributed by atoms with van der Waals surface area (Å²) in [5, 5.41) is 118. The number of phenolic OH excluding ortho intramolecular Hbond substituents is 1. The van der Waals surface area contributed by atoms with Crippen LogP contribution >= 0.6 is 0 Å². The molecule has 2 aromatic rings. The second-order valence-electron chi connectivity index (χ2n) is 29.1. The molecule has 24 atom stereocenters. The largest absolute Gasteiger partial charge is 0.507 e. The average Bonchev–Trinajstić information content (AvgIpc) is 1.39. The molecule has 92 heavy (non-hydrogen) atoms. The first-order chi connectivity index (χ1) is 43.5. The van der Waals surface area contributed by atoms with Crippen molar-refractivity contribution in [2.24, 2.45) is 50.2 Å². The molecule has 0 radical (unpaired) electrons. The number of aliphatic hydroxyl groups excluding tert-OH is 9. The minimum Gasteiger partial charge on any atom is -0.507 e. The van der Waals surface area contributed by atoms with E-state index < -0.39 is 145 Å². The van der Waals surface area contributed by atoms with Crippen LogP contribution in [0, 0.1) is 50.2 Å². The van der Waals surface area contributed by atoms with Crippen LogP contribution in [-0.4, -0.2) is 199 Å². The third kappa shape index (κ3) is 12.5. The summed E-state index contributed by atoms with van der Waals surface area (Å²) in [6.45, 7) is 13.5. The van der Waals surface area contributed by atoms with Crippen LogP contribution in [0.1, 0.15) is 158 Å². The van der Waals surface area contributed by atoms with Crippen molar-refractivity contribution in [1.29, 1.82) is 0 Å². The highest BCUT2D eigenvalue weighted by molar-refractivity contribution is 5.94. The number of rotatable bonds is 20. The first kappa shape index (κ1) is 69.8. The number of benzene rings is 2. The highest BCUT2D eigenvalue weighted by atomic mass is 16.8. The van der Waals surface area contributed by atoms with Crippen molar-refractivity contribution < 1.29 is 108 Å². The minimum absolute atomic E-state index is 0.0298. The topological polar surface area (TPSA) is 376 Å². The van der Waals surface area contributed by atoms with E-state index in [9.17, 15) is 70.2 Å². The summed E-state index contributed by atoms with van der Waals surface area (Å²) in [5.41, 5.74) is -1.87. The third-order valence-corrected chi connectivity index (χ3v) is 23.5. The molecule has 3 saturated heterocycles. The lowest BCUT2D eigenvalue weighted by Gasteiger charge is -2.68. The summed E-state index contributed by atoms with van der Waals surface area (Å²) in [7, 11) is 0. The second-order valence-corrected chi connectivity index (χ2v) is 29.1. The highest BCUT2D eigenvalue weighted by Crippen LogP contribution is 2.77. The Morgan fingerprint density at radius 1 is 0.750 bits per heavy atom. The van der Waals surface area contributed by atoms with Crippen molar-refractivity contribution in [3.63, 3.8) is 0 Å². The molecule has 24 nitrogen and oxygen atoms in total. The van der Waals surface area contributed by atoms with Crippen LogP contribution in [0.2, 0.25) is 0 Å². The normalized spacial score (nSPS) is 42.3. The molecule has 0 bridgehead atoms. The third-order valence-electron chi connectivity index (χ3n) is 23.5. The number of aldehydes is 2. The van der Waals surface area contributed by atoms with E-state index in [4.69, 9.17) is 33.2 Å². The molecule has 5 aliphatic carbocycles. The maximum atomic E-state index is 15.8. The average molecular weight is 1290 g/mol. The van der Waals surface area contributed by atoms with Crippen molar-refractivity contribution in [1.82, 2.24) is 10.6 Å². The molecule has 510 valence electrons. The Hall–Kier alpha value is -5.03. The van der Waals surface area contributed by atoms with Crippen LogP contribution in [-0.2, 0) is 49.4 Å². The summed E-state index contributed by atoms with van der Waals surface area (Å²) in [4.78, 5) is 66.9. The van der Waals surface area contributed by atoms with Crippen molar-refractivity contribution >= 4 is 30.4 Å². The number of nitrogens with one attached hydrogen (secondary N) is 2. The molecule has 3 heterocycles. The monoisotopic (exact) mass is 1290 g/mol. The first-order valence-electron chi connectivity index (χ1n) is 32.8. The number of phenols is 1. The van der Waals surface area contributed by atoms with Crippen molar-refractivity contribution in [3.05, 3.63) is 70.8 Å². The van der Waals surface area contributed by atoms with Gasteiger partial charge in [0.1, 0.15) is 78.6 Å². The summed E-state index contributed by atoms with van der Waals surface area (Å²) in [6, 6.07) is 9.72. The van der Waals surface area contributed by atoms with Gasteiger partial charge in [0.05, 0.1) is 48.5 Å². The van der Waals surface area contributed by atoms with Crippen LogP contribution in [0.4, 0.5) is 0 Å². The highest BCUT2D eigenvalue weighted by Gasteiger charge is 2.73. The molecule has 3 aliphatic heterocycles. The maximum absolute atomic E-state index is 15.8. The number of allylic oxidation sites excluding steroid dienone is 2. The van der Waals surface area contributed by atoms with E-state index in [1.54, 1.807) is 36.4 Å². The lowest BCUT2D eigenvalue weighted by atomic mass is 9.36. The van der Waals surface area contributed by atoms with Gasteiger partial charge in [0.15, 0.2) is 25.0 Å². The van der Waals surface area contributed by atoms with Gasteiger partial charge in [0.25, 0.3) is 5.91 Å². The number of esters is 1. The SMILES string of the molecule is CC1C2(C)CCC(O)C(C)(C=O)[C@@H]2CC[C@@]12CC=C1C3CC(C)(C)CCC3(C(=O)O[C@@H]3O[C@H](CO)C(NC(=O)CCCCCNC(=O)c4ccc(COc5cccc(O)c5C=O)cc4)C(O)C3O[C@@H]3O[C@H](C)C(O[C@@H]4OC[C@@H](O)C(O)C4O)C(O)C3O)[C@H](O)C[C@]12C. The Morgan fingerprint density at radius 2 is 1.47 bits per heavy atom. The Labute approximate surface area is 536 Å². The van der Waals surface area contributed by atoms with Crippen LogP contribution < -0.4 is 15.4 Å². The Kier molecular flexibility index (Phi) is 20.7. The van der Waals surface area contributed by atoms with E-state index in [1.807, 2.05) is 6.92 Å². The molecule has 8 aliphatic rings. The summed E-state index contributed by atoms with van der Waals surface area (Å²) in [6.07, 6.45) is -14.0. The molecule has 7 fully saturated rings. The van der Waals surface area contributed by atoms with E-state index in [2.05, 4.69) is 51.3 Å². The predicted octanol–water partition coefficient (Wildman–Crippen LogP) is 3.17. The number of aromatic hydroxyl groups is 1. The number of amides is 2. The van der Waals surface area contributed by atoms with E-state index in [0.29, 0.717) is 68.8 Å². The van der Waals surface area contributed by atoms with Gasteiger partial charge in [0, 0.05) is 18.5 Å². The summed E-state index contributed by atoms with van der Waals surface area (Å²) >= 11 is 0. The minimum atomic E-state index is -1.99. The summed E-state index contributed by atoms with van der Waals surface area (Å²) in [5.74, 6) is -2.30. The Morgan fingerprint density at radius 3 is 2.17 bits per heavy atom. The van der Waals surface area contributed by atoms with Crippen LogP contribution in [0.15, 0.2) is 54.1 Å². The van der Waals surface area contributed by atoms with Gasteiger partial charge in [-0.1, -0.05) is 77.8 Å². The molecule has 24 heteroatoms. The number of ether oxygens (including phenoxy) is 7. The molecular weight excluding hydrogens is 1200 g/mol. The molecule has 1 spiro atoms. The zero-order valence-electron chi connectivity index (χ0n) is 53.6. The summed E-state index contributed by atoms with van der Waals surface area (Å²) < 4.78 is 42.2.